The Balaban J connectivity index is 1.41. The van der Waals surface area contributed by atoms with Gasteiger partial charge in [0.25, 0.3) is 0 Å². The molecule has 0 radical (unpaired) electrons. The van der Waals surface area contributed by atoms with Crippen molar-refractivity contribution in [2.45, 2.75) is 6.04 Å². The Morgan fingerprint density at radius 2 is 1.90 bits per heavy atom. The summed E-state index contributed by atoms with van der Waals surface area (Å²) in [5, 5.41) is 13.3. The molecule has 0 spiro atoms. The molecule has 3 aromatic heterocycles. The van der Waals surface area contributed by atoms with Crippen LogP contribution in [-0.2, 0) is 4.74 Å². The molecule has 0 bridgehead atoms. The third kappa shape index (κ3) is 4.23. The molecular formula is C23H23N5O2S. The van der Waals surface area contributed by atoms with Crippen LogP contribution in [0.1, 0.15) is 11.6 Å². The quantitative estimate of drug-likeness (QED) is 0.479. The Hall–Kier alpha value is -3.07. The van der Waals surface area contributed by atoms with Crippen LogP contribution in [0.2, 0.25) is 0 Å². The summed E-state index contributed by atoms with van der Waals surface area (Å²) >= 11 is 1.62. The molecule has 1 aliphatic rings. The number of aromatic nitrogens is 3. The van der Waals surface area contributed by atoms with Crippen molar-refractivity contribution >= 4 is 33.2 Å². The predicted octanol–water partition coefficient (Wildman–Crippen LogP) is 3.74. The fraction of sp³-hybridized carbons (Fsp3) is 0.261. The fourth-order valence-corrected chi connectivity index (χ4v) is 4.75. The SMILES string of the molecule is OC[C@@H](Nc1ncnc2cc(-c3ccc(N4CCOCC4)nc3)sc12)c1ccccc1. The minimum atomic E-state index is -0.237. The molecule has 1 atom stereocenters. The monoisotopic (exact) mass is 433 g/mol. The number of aliphatic hydroxyl groups is 1. The zero-order chi connectivity index (χ0) is 21.0. The van der Waals surface area contributed by atoms with E-state index in [-0.39, 0.29) is 12.6 Å². The molecule has 1 aliphatic heterocycles. The van der Waals surface area contributed by atoms with Gasteiger partial charge in [0.2, 0.25) is 0 Å². The van der Waals surface area contributed by atoms with Gasteiger partial charge in [-0.15, -0.1) is 11.3 Å². The van der Waals surface area contributed by atoms with Crippen molar-refractivity contribution in [2.75, 3.05) is 43.1 Å². The van der Waals surface area contributed by atoms with Gasteiger partial charge in [-0.3, -0.25) is 0 Å². The van der Waals surface area contributed by atoms with Crippen molar-refractivity contribution in [2.24, 2.45) is 0 Å². The van der Waals surface area contributed by atoms with Gasteiger partial charge in [-0.1, -0.05) is 30.3 Å². The van der Waals surface area contributed by atoms with Gasteiger partial charge in [-0.05, 0) is 23.8 Å². The second-order valence-electron chi connectivity index (χ2n) is 7.34. The van der Waals surface area contributed by atoms with Crippen LogP contribution in [0.3, 0.4) is 0 Å². The van der Waals surface area contributed by atoms with Gasteiger partial charge < -0.3 is 20.1 Å². The number of rotatable bonds is 6. The average molecular weight is 434 g/mol. The molecule has 0 unspecified atom stereocenters. The first kappa shape index (κ1) is 19.9. The van der Waals surface area contributed by atoms with Gasteiger partial charge in [-0.25, -0.2) is 15.0 Å². The number of hydrogen-bond acceptors (Lipinski definition) is 8. The second-order valence-corrected chi connectivity index (χ2v) is 8.39. The highest BCUT2D eigenvalue weighted by molar-refractivity contribution is 7.22. The predicted molar refractivity (Wildman–Crippen MR) is 124 cm³/mol. The lowest BCUT2D eigenvalue weighted by Gasteiger charge is -2.27. The van der Waals surface area contributed by atoms with Crippen LogP contribution in [0.4, 0.5) is 11.6 Å². The number of benzene rings is 1. The van der Waals surface area contributed by atoms with Crippen molar-refractivity contribution < 1.29 is 9.84 Å². The van der Waals surface area contributed by atoms with Gasteiger partial charge in [0.05, 0.1) is 36.1 Å². The van der Waals surface area contributed by atoms with Crippen LogP contribution in [0, 0.1) is 0 Å². The number of pyridine rings is 1. The molecule has 0 saturated carbocycles. The second kappa shape index (κ2) is 8.97. The number of ether oxygens (including phenoxy) is 1. The molecule has 2 N–H and O–H groups in total. The number of thiophene rings is 1. The minimum absolute atomic E-state index is 0.0271. The normalized spacial score (nSPS) is 15.2. The lowest BCUT2D eigenvalue weighted by molar-refractivity contribution is 0.122. The Bertz CT molecular complexity index is 1140. The molecule has 8 heteroatoms. The molecule has 7 nitrogen and oxygen atoms in total. The number of fused-ring (bicyclic) bond motifs is 1. The summed E-state index contributed by atoms with van der Waals surface area (Å²) in [6.45, 7) is 3.19. The summed E-state index contributed by atoms with van der Waals surface area (Å²) in [6.07, 6.45) is 3.47. The third-order valence-corrected chi connectivity index (χ3v) is 6.55. The molecule has 4 aromatic rings. The van der Waals surface area contributed by atoms with E-state index in [2.05, 4.69) is 43.4 Å². The average Bonchev–Trinajstić information content (AvgIpc) is 3.29. The number of anilines is 2. The van der Waals surface area contributed by atoms with Crippen LogP contribution >= 0.6 is 11.3 Å². The molecule has 1 aromatic carbocycles. The van der Waals surface area contributed by atoms with E-state index in [4.69, 9.17) is 4.74 Å². The zero-order valence-electron chi connectivity index (χ0n) is 16.9. The number of nitrogens with zero attached hydrogens (tertiary/aromatic N) is 4. The zero-order valence-corrected chi connectivity index (χ0v) is 17.8. The summed E-state index contributed by atoms with van der Waals surface area (Å²) in [5.74, 6) is 1.70. The summed E-state index contributed by atoms with van der Waals surface area (Å²) < 4.78 is 6.38. The molecule has 5 rings (SSSR count). The molecule has 0 amide bonds. The maximum absolute atomic E-state index is 9.91. The number of hydrogen-bond donors (Lipinski definition) is 2. The lowest BCUT2D eigenvalue weighted by atomic mass is 10.1. The third-order valence-electron chi connectivity index (χ3n) is 5.37. The largest absolute Gasteiger partial charge is 0.394 e. The summed E-state index contributed by atoms with van der Waals surface area (Å²) in [6, 6.07) is 15.9. The molecule has 0 aliphatic carbocycles. The van der Waals surface area contributed by atoms with Crippen LogP contribution in [-0.4, -0.2) is 53.0 Å². The van der Waals surface area contributed by atoms with Crippen molar-refractivity contribution in [3.05, 3.63) is 66.6 Å². The maximum Gasteiger partial charge on any atom is 0.148 e. The Morgan fingerprint density at radius 3 is 2.65 bits per heavy atom. The van der Waals surface area contributed by atoms with Gasteiger partial charge in [-0.2, -0.15) is 0 Å². The summed E-state index contributed by atoms with van der Waals surface area (Å²) in [5.41, 5.74) is 2.93. The molecule has 31 heavy (non-hydrogen) atoms. The summed E-state index contributed by atoms with van der Waals surface area (Å²) in [4.78, 5) is 16.9. The molecule has 1 saturated heterocycles. The lowest BCUT2D eigenvalue weighted by Crippen LogP contribution is -2.36. The molecular weight excluding hydrogens is 410 g/mol. The van der Waals surface area contributed by atoms with Crippen LogP contribution in [0.25, 0.3) is 20.7 Å². The van der Waals surface area contributed by atoms with E-state index in [1.165, 1.54) is 0 Å². The fourth-order valence-electron chi connectivity index (χ4n) is 3.70. The van der Waals surface area contributed by atoms with Crippen molar-refractivity contribution in [3.63, 3.8) is 0 Å². The smallest absolute Gasteiger partial charge is 0.148 e. The van der Waals surface area contributed by atoms with Crippen LogP contribution in [0.5, 0.6) is 0 Å². The van der Waals surface area contributed by atoms with E-state index in [0.29, 0.717) is 0 Å². The van der Waals surface area contributed by atoms with E-state index in [1.54, 1.807) is 17.7 Å². The van der Waals surface area contributed by atoms with Crippen molar-refractivity contribution in [1.29, 1.82) is 0 Å². The molecule has 4 heterocycles. The van der Waals surface area contributed by atoms with Crippen molar-refractivity contribution in [3.8, 4) is 10.4 Å². The van der Waals surface area contributed by atoms with E-state index in [9.17, 15) is 5.11 Å². The Morgan fingerprint density at radius 1 is 1.06 bits per heavy atom. The highest BCUT2D eigenvalue weighted by atomic mass is 32.1. The Labute approximate surface area is 184 Å². The first-order valence-corrected chi connectivity index (χ1v) is 11.1. The topological polar surface area (TPSA) is 83.4 Å². The standard InChI is InChI=1S/C23H23N5O2S/c29-14-19(16-4-2-1-3-5-16)27-23-22-18(25-15-26-23)12-20(31-22)17-6-7-21(24-13-17)28-8-10-30-11-9-28/h1-7,12-13,15,19,29H,8-11,14H2,(H,25,26,27)/t19-/m1/s1. The van der Waals surface area contributed by atoms with Crippen LogP contribution in [0.15, 0.2) is 61.1 Å². The molecule has 1 fully saturated rings. The first-order valence-electron chi connectivity index (χ1n) is 10.3. The van der Waals surface area contributed by atoms with Gasteiger partial charge in [0.15, 0.2) is 0 Å². The van der Waals surface area contributed by atoms with E-state index < -0.39 is 0 Å². The highest BCUT2D eigenvalue weighted by Gasteiger charge is 2.16. The maximum atomic E-state index is 9.91. The number of nitrogens with one attached hydrogen (secondary N) is 1. The van der Waals surface area contributed by atoms with Gasteiger partial charge in [0, 0.05) is 29.7 Å². The number of morpholine rings is 1. The summed E-state index contributed by atoms with van der Waals surface area (Å²) in [7, 11) is 0. The van der Waals surface area contributed by atoms with Crippen molar-refractivity contribution in [1.82, 2.24) is 15.0 Å². The van der Waals surface area contributed by atoms with Gasteiger partial charge in [0.1, 0.15) is 18.0 Å². The van der Waals surface area contributed by atoms with E-state index in [1.807, 2.05) is 36.5 Å². The first-order chi connectivity index (χ1) is 15.3. The minimum Gasteiger partial charge on any atom is -0.394 e. The highest BCUT2D eigenvalue weighted by Crippen LogP contribution is 2.36. The van der Waals surface area contributed by atoms with E-state index >= 15 is 0 Å². The van der Waals surface area contributed by atoms with Gasteiger partial charge >= 0.3 is 0 Å². The van der Waals surface area contributed by atoms with Crippen LogP contribution < -0.4 is 10.2 Å². The number of aliphatic hydroxyl groups excluding tert-OH is 1. The van der Waals surface area contributed by atoms with E-state index in [0.717, 1.165) is 64.2 Å². The Kier molecular flexibility index (Phi) is 5.75. The molecule has 158 valence electrons.